The minimum atomic E-state index is 0.562. The van der Waals surface area contributed by atoms with Crippen LogP contribution >= 0.6 is 0 Å². The second-order valence-corrected chi connectivity index (χ2v) is 4.82. The van der Waals surface area contributed by atoms with E-state index in [-0.39, 0.29) is 0 Å². The first-order valence-corrected chi connectivity index (χ1v) is 6.31. The number of aromatic nitrogens is 2. The van der Waals surface area contributed by atoms with Crippen LogP contribution in [-0.4, -0.2) is 17.0 Å². The van der Waals surface area contributed by atoms with Gasteiger partial charge in [-0.25, -0.2) is 9.97 Å². The Morgan fingerprint density at radius 1 is 1.10 bits per heavy atom. The minimum absolute atomic E-state index is 0.562. The van der Waals surface area contributed by atoms with Gasteiger partial charge >= 0.3 is 0 Å². The summed E-state index contributed by atoms with van der Waals surface area (Å²) in [6, 6.07) is 6.00. The Hall–Kier alpha value is -2.61. The minimum Gasteiger partial charge on any atom is -0.340 e. The van der Waals surface area contributed by atoms with Gasteiger partial charge in [0.25, 0.3) is 0 Å². The van der Waals surface area contributed by atoms with Crippen molar-refractivity contribution in [2.45, 2.75) is 20.8 Å². The van der Waals surface area contributed by atoms with Crippen molar-refractivity contribution in [3.05, 3.63) is 41.2 Å². The molecule has 0 aliphatic heterocycles. The molecule has 1 aromatic heterocycles. The average Bonchev–Trinajstić information content (AvgIpc) is 2.42. The lowest BCUT2D eigenvalue weighted by Gasteiger charge is -2.14. The van der Waals surface area contributed by atoms with Crippen LogP contribution in [0.1, 0.15) is 16.7 Å². The van der Waals surface area contributed by atoms with E-state index in [9.17, 15) is 0 Å². The average molecular weight is 267 g/mol. The fourth-order valence-electron chi connectivity index (χ4n) is 2.16. The number of nitriles is 1. The number of hydrogen-bond acceptors (Lipinski definition) is 5. The third-order valence-corrected chi connectivity index (χ3v) is 3.08. The number of aryl methyl sites for hydroxylation is 3. The highest BCUT2D eigenvalue weighted by Crippen LogP contribution is 2.25. The maximum absolute atomic E-state index is 8.88. The summed E-state index contributed by atoms with van der Waals surface area (Å²) in [6.45, 7) is 6.20. The Balaban J connectivity index is 2.34. The van der Waals surface area contributed by atoms with Crippen molar-refractivity contribution < 1.29 is 0 Å². The van der Waals surface area contributed by atoms with Crippen LogP contribution < -0.4 is 10.2 Å². The van der Waals surface area contributed by atoms with E-state index in [1.165, 1.54) is 16.8 Å². The summed E-state index contributed by atoms with van der Waals surface area (Å²) in [4.78, 5) is 9.65. The maximum Gasteiger partial charge on any atom is 0.185 e. The van der Waals surface area contributed by atoms with Crippen LogP contribution in [0, 0.1) is 32.2 Å². The zero-order valence-electron chi connectivity index (χ0n) is 12.1. The first-order valence-electron chi connectivity index (χ1n) is 6.31. The van der Waals surface area contributed by atoms with Gasteiger partial charge in [-0.3, -0.25) is 4.90 Å². The van der Waals surface area contributed by atoms with Crippen molar-refractivity contribution in [1.82, 2.24) is 9.97 Å². The summed E-state index contributed by atoms with van der Waals surface area (Å²) in [5.74, 6) is 1.24. The predicted molar refractivity (Wildman–Crippen MR) is 80.0 cm³/mol. The first kappa shape index (κ1) is 13.8. The van der Waals surface area contributed by atoms with Crippen molar-refractivity contribution in [2.24, 2.45) is 0 Å². The van der Waals surface area contributed by atoms with Gasteiger partial charge in [0, 0.05) is 18.8 Å². The molecule has 1 aromatic carbocycles. The van der Waals surface area contributed by atoms with Crippen LogP contribution in [0.2, 0.25) is 0 Å². The zero-order valence-corrected chi connectivity index (χ0v) is 12.1. The van der Waals surface area contributed by atoms with Crippen molar-refractivity contribution >= 4 is 17.3 Å². The van der Waals surface area contributed by atoms with Crippen molar-refractivity contribution in [3.8, 4) is 6.19 Å². The van der Waals surface area contributed by atoms with Crippen molar-refractivity contribution in [1.29, 1.82) is 5.26 Å². The Bertz CT molecular complexity index is 649. The number of nitrogens with one attached hydrogen (secondary N) is 1. The van der Waals surface area contributed by atoms with Crippen LogP contribution in [-0.2, 0) is 0 Å². The Morgan fingerprint density at radius 3 is 2.35 bits per heavy atom. The van der Waals surface area contributed by atoms with E-state index in [4.69, 9.17) is 5.26 Å². The summed E-state index contributed by atoms with van der Waals surface area (Å²) < 4.78 is 0. The lowest BCUT2D eigenvalue weighted by molar-refractivity contribution is 1.08. The summed E-state index contributed by atoms with van der Waals surface area (Å²) in [6.07, 6.45) is 3.47. The number of anilines is 3. The van der Waals surface area contributed by atoms with Crippen LogP contribution in [0.5, 0.6) is 0 Å². The predicted octanol–water partition coefficient (Wildman–Crippen LogP) is 3.06. The van der Waals surface area contributed by atoms with Crippen molar-refractivity contribution in [2.75, 3.05) is 17.3 Å². The van der Waals surface area contributed by atoms with Gasteiger partial charge in [0.15, 0.2) is 6.19 Å². The summed E-state index contributed by atoms with van der Waals surface area (Å²) in [5, 5.41) is 12.2. The van der Waals surface area contributed by atoms with E-state index in [0.717, 1.165) is 16.8 Å². The molecule has 0 saturated carbocycles. The quantitative estimate of drug-likeness (QED) is 0.684. The van der Waals surface area contributed by atoms with Crippen LogP contribution in [0.3, 0.4) is 0 Å². The van der Waals surface area contributed by atoms with Gasteiger partial charge < -0.3 is 5.32 Å². The van der Waals surface area contributed by atoms with Gasteiger partial charge in [0.2, 0.25) is 0 Å². The summed E-state index contributed by atoms with van der Waals surface area (Å²) in [5.41, 5.74) is 4.60. The Morgan fingerprint density at radius 2 is 1.75 bits per heavy atom. The van der Waals surface area contributed by atoms with E-state index in [1.54, 1.807) is 13.1 Å². The van der Waals surface area contributed by atoms with Gasteiger partial charge in [-0.1, -0.05) is 17.7 Å². The number of rotatable bonds is 3. The largest absolute Gasteiger partial charge is 0.340 e. The van der Waals surface area contributed by atoms with E-state index >= 15 is 0 Å². The van der Waals surface area contributed by atoms with Crippen LogP contribution in [0.15, 0.2) is 24.5 Å². The highest BCUT2D eigenvalue weighted by molar-refractivity contribution is 5.66. The molecule has 0 atom stereocenters. The third kappa shape index (κ3) is 2.86. The van der Waals surface area contributed by atoms with E-state index < -0.39 is 0 Å². The second kappa shape index (κ2) is 5.57. The molecule has 0 radical (unpaired) electrons. The maximum atomic E-state index is 8.88. The van der Waals surface area contributed by atoms with Gasteiger partial charge in [-0.2, -0.15) is 5.26 Å². The molecule has 0 amide bonds. The fourth-order valence-corrected chi connectivity index (χ4v) is 2.16. The molecular weight excluding hydrogens is 250 g/mol. The summed E-state index contributed by atoms with van der Waals surface area (Å²) >= 11 is 0. The molecule has 2 rings (SSSR count). The van der Waals surface area contributed by atoms with Gasteiger partial charge in [0.05, 0.1) is 0 Å². The zero-order chi connectivity index (χ0) is 14.7. The molecule has 20 heavy (non-hydrogen) atoms. The third-order valence-electron chi connectivity index (χ3n) is 3.08. The van der Waals surface area contributed by atoms with Crippen LogP contribution in [0.25, 0.3) is 0 Å². The number of benzene rings is 1. The molecule has 0 fully saturated rings. The van der Waals surface area contributed by atoms with E-state index in [1.807, 2.05) is 6.19 Å². The number of hydrogen-bond donors (Lipinski definition) is 1. The normalized spacial score (nSPS) is 9.95. The van der Waals surface area contributed by atoms with Crippen molar-refractivity contribution in [3.63, 3.8) is 0 Å². The molecule has 0 saturated heterocycles. The molecule has 0 unspecified atom stereocenters. The Kier molecular flexibility index (Phi) is 3.85. The summed E-state index contributed by atoms with van der Waals surface area (Å²) in [7, 11) is 1.66. The highest BCUT2D eigenvalue weighted by atomic mass is 15.2. The SMILES string of the molecule is Cc1cc(C)c(Nc2cc(N(C)C#N)ncn2)c(C)c1. The molecule has 0 spiro atoms. The topological polar surface area (TPSA) is 64.8 Å². The smallest absolute Gasteiger partial charge is 0.185 e. The molecule has 102 valence electrons. The fraction of sp³-hybridized carbons (Fsp3) is 0.267. The second-order valence-electron chi connectivity index (χ2n) is 4.82. The molecule has 0 bridgehead atoms. The molecule has 1 N–H and O–H groups in total. The molecule has 2 aromatic rings. The molecule has 5 heteroatoms. The Labute approximate surface area is 118 Å². The standard InChI is InChI=1S/C15H17N5/c1-10-5-11(2)15(12(3)6-10)19-13-7-14(18-9-17-13)20(4)8-16/h5-7,9H,1-4H3,(H,17,18,19). The molecule has 1 heterocycles. The van der Waals surface area contributed by atoms with E-state index in [2.05, 4.69) is 48.2 Å². The molecular formula is C15H17N5. The lowest BCUT2D eigenvalue weighted by atomic mass is 10.1. The van der Waals surface area contributed by atoms with E-state index in [0.29, 0.717) is 11.6 Å². The van der Waals surface area contributed by atoms with Crippen LogP contribution in [0.4, 0.5) is 17.3 Å². The molecule has 0 aliphatic carbocycles. The van der Waals surface area contributed by atoms with Gasteiger partial charge in [-0.15, -0.1) is 0 Å². The van der Waals surface area contributed by atoms with Gasteiger partial charge in [0.1, 0.15) is 18.0 Å². The highest BCUT2D eigenvalue weighted by Gasteiger charge is 2.07. The lowest BCUT2D eigenvalue weighted by Crippen LogP contribution is -2.10. The monoisotopic (exact) mass is 267 g/mol. The molecule has 5 nitrogen and oxygen atoms in total. The first-order chi connectivity index (χ1) is 9.51. The molecule has 0 aliphatic rings. The van der Waals surface area contributed by atoms with Gasteiger partial charge in [-0.05, 0) is 31.9 Å². The number of nitrogens with zero attached hydrogens (tertiary/aromatic N) is 4.